The number of fused-ring (bicyclic) bond motifs is 2. The van der Waals surface area contributed by atoms with E-state index in [1.807, 2.05) is 0 Å². The van der Waals surface area contributed by atoms with Gasteiger partial charge in [0, 0.05) is 17.3 Å². The van der Waals surface area contributed by atoms with Crippen LogP contribution in [-0.4, -0.2) is 32.7 Å². The normalized spacial score (nSPS) is 11.9. The zero-order valence-electron chi connectivity index (χ0n) is 17.6. The molecule has 0 amide bonds. The molecule has 170 valence electrons. The Labute approximate surface area is 191 Å². The highest BCUT2D eigenvalue weighted by Gasteiger charge is 2.40. The number of hydrogen-bond donors (Lipinski definition) is 3. The Balaban J connectivity index is 1.78. The molecule has 0 saturated heterocycles. The molecule has 0 atom stereocenters. The Morgan fingerprint density at radius 2 is 1.47 bits per heavy atom. The minimum atomic E-state index is -0.922. The Morgan fingerprint density at radius 3 is 2.06 bits per heavy atom. The molecule has 0 bridgehead atoms. The zero-order valence-corrected chi connectivity index (χ0v) is 17.6. The van der Waals surface area contributed by atoms with Gasteiger partial charge in [0.1, 0.15) is 22.8 Å². The summed E-state index contributed by atoms with van der Waals surface area (Å²) >= 11 is 0. The fourth-order valence-electron chi connectivity index (χ4n) is 3.56. The first-order chi connectivity index (χ1) is 16.1. The summed E-state index contributed by atoms with van der Waals surface area (Å²) in [7, 11) is 0. The zero-order chi connectivity index (χ0) is 24.7. The van der Waals surface area contributed by atoms with Crippen molar-refractivity contribution in [2.45, 2.75) is 6.92 Å². The highest BCUT2D eigenvalue weighted by Crippen LogP contribution is 2.43. The topological polar surface area (TPSA) is 156 Å². The van der Waals surface area contributed by atoms with E-state index in [-0.39, 0.29) is 28.1 Å². The lowest BCUT2D eigenvalue weighted by atomic mass is 9.81. The van der Waals surface area contributed by atoms with Crippen molar-refractivity contribution in [3.8, 4) is 17.2 Å². The van der Waals surface area contributed by atoms with E-state index in [0.29, 0.717) is 5.69 Å². The molecule has 0 unspecified atom stereocenters. The number of nitrogens with one attached hydrogen (secondary N) is 1. The summed E-state index contributed by atoms with van der Waals surface area (Å²) in [5, 5.41) is 34.9. The molecular weight excluding hydrogens is 444 g/mol. The number of ether oxygens (including phenoxy) is 1. The van der Waals surface area contributed by atoms with Gasteiger partial charge in [0.2, 0.25) is 11.6 Å². The third-order valence-corrected chi connectivity index (χ3v) is 5.14. The molecule has 1 aliphatic rings. The van der Waals surface area contributed by atoms with Crippen LogP contribution in [0.15, 0.2) is 60.7 Å². The molecule has 0 radical (unpaired) electrons. The van der Waals surface area contributed by atoms with Gasteiger partial charge in [0.15, 0.2) is 0 Å². The quantitative estimate of drug-likeness (QED) is 0.1000. The van der Waals surface area contributed by atoms with E-state index < -0.39 is 50.8 Å². The Kier molecular flexibility index (Phi) is 5.34. The maximum absolute atomic E-state index is 13.3. The maximum atomic E-state index is 13.3. The molecule has 3 aromatic carbocycles. The third kappa shape index (κ3) is 3.62. The molecule has 1 aliphatic carbocycles. The molecule has 0 aliphatic heterocycles. The number of ketones is 2. The molecule has 3 N–H and O–H groups in total. The SMILES string of the molecule is C=C(C)C(=O)Oc1ccc(Nc2ccc(O)c3c2C(=O)c2c([N+](=O)[O-])ccc(O)c2C3=O)cc1. The van der Waals surface area contributed by atoms with E-state index in [1.165, 1.54) is 43.3 Å². The summed E-state index contributed by atoms with van der Waals surface area (Å²) in [6.07, 6.45) is 0. The van der Waals surface area contributed by atoms with Crippen molar-refractivity contribution in [3.05, 3.63) is 93.1 Å². The van der Waals surface area contributed by atoms with Crippen LogP contribution in [0.3, 0.4) is 0 Å². The van der Waals surface area contributed by atoms with Crippen molar-refractivity contribution in [2.24, 2.45) is 0 Å². The second kappa shape index (κ2) is 8.17. The van der Waals surface area contributed by atoms with E-state index in [1.54, 1.807) is 0 Å². The van der Waals surface area contributed by atoms with Gasteiger partial charge >= 0.3 is 5.97 Å². The molecule has 0 fully saturated rings. The number of aromatic hydroxyl groups is 2. The lowest BCUT2D eigenvalue weighted by molar-refractivity contribution is -0.385. The predicted molar refractivity (Wildman–Crippen MR) is 120 cm³/mol. The van der Waals surface area contributed by atoms with Crippen LogP contribution >= 0.6 is 0 Å². The first-order valence-corrected chi connectivity index (χ1v) is 9.80. The first-order valence-electron chi connectivity index (χ1n) is 9.80. The summed E-state index contributed by atoms with van der Waals surface area (Å²) in [6.45, 7) is 5.01. The van der Waals surface area contributed by atoms with Gasteiger partial charge in [-0.05, 0) is 49.4 Å². The van der Waals surface area contributed by atoms with Crippen molar-refractivity contribution in [3.63, 3.8) is 0 Å². The van der Waals surface area contributed by atoms with Gasteiger partial charge in [-0.25, -0.2) is 4.79 Å². The average molecular weight is 460 g/mol. The second-order valence-electron chi connectivity index (χ2n) is 7.47. The Morgan fingerprint density at radius 1 is 0.912 bits per heavy atom. The van der Waals surface area contributed by atoms with Crippen LogP contribution in [-0.2, 0) is 4.79 Å². The van der Waals surface area contributed by atoms with Crippen LogP contribution in [0, 0.1) is 10.1 Å². The van der Waals surface area contributed by atoms with E-state index in [4.69, 9.17) is 4.74 Å². The van der Waals surface area contributed by atoms with Crippen LogP contribution in [0.4, 0.5) is 17.1 Å². The van der Waals surface area contributed by atoms with Gasteiger partial charge in [-0.3, -0.25) is 19.7 Å². The van der Waals surface area contributed by atoms with Gasteiger partial charge in [-0.2, -0.15) is 0 Å². The summed E-state index contributed by atoms with van der Waals surface area (Å²) in [4.78, 5) is 48.8. The molecule has 4 rings (SSSR count). The van der Waals surface area contributed by atoms with E-state index in [9.17, 15) is 34.7 Å². The lowest BCUT2D eigenvalue weighted by Crippen LogP contribution is -2.23. The number of anilines is 2. The molecule has 3 aromatic rings. The fourth-order valence-corrected chi connectivity index (χ4v) is 3.56. The number of phenolic OH excluding ortho intramolecular Hbond substituents is 2. The molecule has 0 aromatic heterocycles. The Bertz CT molecular complexity index is 1420. The molecule has 0 heterocycles. The number of carbonyl (C=O) groups excluding carboxylic acids is 3. The molecule has 34 heavy (non-hydrogen) atoms. The number of nitro groups is 1. The number of nitro benzene ring substituents is 1. The van der Waals surface area contributed by atoms with Crippen molar-refractivity contribution in [2.75, 3.05) is 5.32 Å². The van der Waals surface area contributed by atoms with Crippen molar-refractivity contribution in [1.29, 1.82) is 0 Å². The van der Waals surface area contributed by atoms with Gasteiger partial charge in [-0.1, -0.05) is 6.58 Å². The van der Waals surface area contributed by atoms with Crippen LogP contribution in [0.1, 0.15) is 38.8 Å². The second-order valence-corrected chi connectivity index (χ2v) is 7.47. The molecule has 0 saturated carbocycles. The largest absolute Gasteiger partial charge is 0.507 e. The van der Waals surface area contributed by atoms with Gasteiger partial charge in [0.25, 0.3) is 5.69 Å². The van der Waals surface area contributed by atoms with Crippen molar-refractivity contribution < 1.29 is 34.3 Å². The summed E-state index contributed by atoms with van der Waals surface area (Å²) in [5.41, 5.74) is -1.65. The van der Waals surface area contributed by atoms with Gasteiger partial charge in [0.05, 0.1) is 27.3 Å². The number of nitrogens with zero attached hydrogens (tertiary/aromatic N) is 1. The number of carbonyl (C=O) groups is 3. The third-order valence-electron chi connectivity index (χ3n) is 5.14. The standard InChI is InChI=1S/C24H16N2O8/c1-11(2)24(31)34-13-5-3-12(4-6-13)25-14-7-9-16(27)20-18(14)22(29)19-15(26(32)33)8-10-17(28)21(19)23(20)30/h3-10,25,27-28H,1H2,2H3. The van der Waals surface area contributed by atoms with Crippen LogP contribution < -0.4 is 10.1 Å². The highest BCUT2D eigenvalue weighted by molar-refractivity contribution is 6.33. The molecular formula is C24H16N2O8. The molecule has 10 heteroatoms. The van der Waals surface area contributed by atoms with E-state index in [2.05, 4.69) is 11.9 Å². The first kappa shape index (κ1) is 22.2. The number of esters is 1. The number of hydrogen-bond acceptors (Lipinski definition) is 9. The van der Waals surface area contributed by atoms with Crippen LogP contribution in [0.2, 0.25) is 0 Å². The van der Waals surface area contributed by atoms with Crippen LogP contribution in [0.25, 0.3) is 0 Å². The minimum absolute atomic E-state index is 0.0983. The minimum Gasteiger partial charge on any atom is -0.507 e. The number of rotatable bonds is 5. The summed E-state index contributed by atoms with van der Waals surface area (Å²) < 4.78 is 5.12. The number of phenols is 2. The van der Waals surface area contributed by atoms with E-state index in [0.717, 1.165) is 12.1 Å². The van der Waals surface area contributed by atoms with Crippen LogP contribution in [0.5, 0.6) is 17.2 Å². The summed E-state index contributed by atoms with van der Waals surface area (Å²) in [6, 6.07) is 10.5. The highest BCUT2D eigenvalue weighted by atomic mass is 16.6. The van der Waals surface area contributed by atoms with Crippen molar-refractivity contribution in [1.82, 2.24) is 0 Å². The van der Waals surface area contributed by atoms with Gasteiger partial charge < -0.3 is 20.3 Å². The lowest BCUT2D eigenvalue weighted by Gasteiger charge is -2.22. The molecule has 10 nitrogen and oxygen atoms in total. The summed E-state index contributed by atoms with van der Waals surface area (Å²) in [5.74, 6) is -3.30. The maximum Gasteiger partial charge on any atom is 0.338 e. The van der Waals surface area contributed by atoms with Crippen molar-refractivity contribution >= 4 is 34.6 Å². The number of benzene rings is 3. The van der Waals surface area contributed by atoms with Gasteiger partial charge in [-0.15, -0.1) is 0 Å². The average Bonchev–Trinajstić information content (AvgIpc) is 2.79. The smallest absolute Gasteiger partial charge is 0.338 e. The van der Waals surface area contributed by atoms with E-state index >= 15 is 0 Å². The fraction of sp³-hybridized carbons (Fsp3) is 0.0417. The predicted octanol–water partition coefficient (Wildman–Crippen LogP) is 4.01. The molecule has 0 spiro atoms. The Hall–Kier alpha value is -4.99. The monoisotopic (exact) mass is 460 g/mol.